The molecule has 0 aliphatic carbocycles. The van der Waals surface area contributed by atoms with Crippen molar-refractivity contribution in [2.45, 2.75) is 46.1 Å². The maximum absolute atomic E-state index is 14.6. The lowest BCUT2D eigenvalue weighted by molar-refractivity contribution is 0.102. The van der Waals surface area contributed by atoms with Crippen molar-refractivity contribution >= 4 is 44.4 Å². The zero-order chi connectivity index (χ0) is 41.1. The van der Waals surface area contributed by atoms with E-state index >= 15 is 0 Å². The van der Waals surface area contributed by atoms with Gasteiger partial charge in [0, 0.05) is 49.1 Å². The summed E-state index contributed by atoms with van der Waals surface area (Å²) in [5.41, 5.74) is 5.04. The Kier molecular flexibility index (Phi) is 11.6. The van der Waals surface area contributed by atoms with E-state index in [2.05, 4.69) is 20.5 Å². The van der Waals surface area contributed by atoms with Crippen molar-refractivity contribution in [2.75, 3.05) is 47.7 Å². The summed E-state index contributed by atoms with van der Waals surface area (Å²) in [4.78, 5) is 30.4. The number of sulfone groups is 1. The van der Waals surface area contributed by atoms with E-state index in [1.54, 1.807) is 37.6 Å². The predicted octanol–water partition coefficient (Wildman–Crippen LogP) is 8.49. The van der Waals surface area contributed by atoms with Gasteiger partial charge in [-0.3, -0.25) is 9.20 Å². The monoisotopic (exact) mass is 809 g/mol. The lowest BCUT2D eigenvalue weighted by Gasteiger charge is -2.35. The number of benzene rings is 3. The number of para-hydroxylation sites is 1. The van der Waals surface area contributed by atoms with Crippen molar-refractivity contribution < 1.29 is 31.5 Å². The number of fused-ring (bicyclic) bond motifs is 1. The summed E-state index contributed by atoms with van der Waals surface area (Å²) in [5, 5.41) is 5.72. The number of piperidine rings is 1. The first-order valence-electron chi connectivity index (χ1n) is 19.0. The number of pyridine rings is 1. The number of anilines is 4. The number of imidazole rings is 1. The van der Waals surface area contributed by atoms with E-state index in [4.69, 9.17) is 19.4 Å². The Labute approximate surface area is 336 Å². The second kappa shape index (κ2) is 16.8. The summed E-state index contributed by atoms with van der Waals surface area (Å²) in [7, 11) is -1.38. The first-order valence-corrected chi connectivity index (χ1v) is 21.1. The molecular formula is C43H45F2N7O5S. The Morgan fingerprint density at radius 1 is 0.966 bits per heavy atom. The van der Waals surface area contributed by atoms with Crippen LogP contribution in [0.3, 0.4) is 0 Å². The molecule has 1 saturated heterocycles. The molecule has 4 heterocycles. The van der Waals surface area contributed by atoms with Crippen molar-refractivity contribution in [3.8, 4) is 34.1 Å². The van der Waals surface area contributed by atoms with Crippen LogP contribution < -0.4 is 25.0 Å². The summed E-state index contributed by atoms with van der Waals surface area (Å²) in [6.45, 7) is 7.31. The molecule has 0 bridgehead atoms. The molecular weight excluding hydrogens is 765 g/mol. The van der Waals surface area contributed by atoms with E-state index in [0.29, 0.717) is 58.0 Å². The highest BCUT2D eigenvalue weighted by Gasteiger charge is 2.25. The van der Waals surface area contributed by atoms with Gasteiger partial charge >= 0.3 is 0 Å². The topological polar surface area (TPSA) is 140 Å². The smallest absolute Gasteiger partial charge is 0.259 e. The highest BCUT2D eigenvalue weighted by atomic mass is 32.2. The van der Waals surface area contributed by atoms with Crippen molar-refractivity contribution in [3.63, 3.8) is 0 Å². The van der Waals surface area contributed by atoms with Crippen molar-refractivity contribution in [1.82, 2.24) is 19.4 Å². The third-order valence-electron chi connectivity index (χ3n) is 10.1. The van der Waals surface area contributed by atoms with Crippen LogP contribution in [0.25, 0.3) is 28.3 Å². The van der Waals surface area contributed by atoms with E-state index in [1.165, 1.54) is 12.3 Å². The number of halogens is 2. The van der Waals surface area contributed by atoms with Gasteiger partial charge in [0.1, 0.15) is 44.3 Å². The maximum Gasteiger partial charge on any atom is 0.259 e. The van der Waals surface area contributed by atoms with Crippen LogP contribution in [0.4, 0.5) is 31.8 Å². The molecule has 3 aromatic heterocycles. The second-order valence-electron chi connectivity index (χ2n) is 14.7. The molecule has 58 heavy (non-hydrogen) atoms. The minimum absolute atomic E-state index is 0.0594. The normalized spacial score (nSPS) is 13.6. The number of nitrogens with zero attached hydrogens (tertiary/aromatic N) is 5. The summed E-state index contributed by atoms with van der Waals surface area (Å²) in [5.74, 6) is -0.834. The molecule has 12 nitrogen and oxygen atoms in total. The SMILES string of the molecule is COc1cc(N2CCC(CCS(C)(=O)=O)CC2)c(C)cc1Nc1nccc(-c2c(-c3ccc(OC(C)C)c(C(=O)Nc4c(F)cccc4F)c3)nc3ccccn23)n1. The zero-order valence-corrected chi connectivity index (χ0v) is 33.7. The van der Waals surface area contributed by atoms with Crippen molar-refractivity contribution in [1.29, 1.82) is 0 Å². The average molecular weight is 810 g/mol. The molecule has 3 aromatic carbocycles. The van der Waals surface area contributed by atoms with E-state index < -0.39 is 33.1 Å². The van der Waals surface area contributed by atoms with Gasteiger partial charge in [-0.15, -0.1) is 0 Å². The van der Waals surface area contributed by atoms with Gasteiger partial charge in [0.15, 0.2) is 0 Å². The van der Waals surface area contributed by atoms with Crippen LogP contribution in [0.15, 0.2) is 85.2 Å². The Balaban J connectivity index is 1.20. The van der Waals surface area contributed by atoms with Gasteiger partial charge in [-0.1, -0.05) is 12.1 Å². The summed E-state index contributed by atoms with van der Waals surface area (Å²) in [6, 6.07) is 19.7. The Bertz CT molecular complexity index is 2570. The molecule has 1 aliphatic heterocycles. The van der Waals surface area contributed by atoms with Gasteiger partial charge in [-0.25, -0.2) is 32.2 Å². The fourth-order valence-corrected chi connectivity index (χ4v) is 8.01. The molecule has 1 amide bonds. The number of aromatic nitrogens is 4. The number of methoxy groups -OCH3 is 1. The number of hydrogen-bond acceptors (Lipinski definition) is 10. The van der Waals surface area contributed by atoms with Crippen LogP contribution in [0.5, 0.6) is 11.5 Å². The minimum Gasteiger partial charge on any atom is -0.494 e. The maximum atomic E-state index is 14.6. The Morgan fingerprint density at radius 3 is 2.43 bits per heavy atom. The summed E-state index contributed by atoms with van der Waals surface area (Å²) >= 11 is 0. The van der Waals surface area contributed by atoms with Crippen LogP contribution in [-0.4, -0.2) is 72.0 Å². The van der Waals surface area contributed by atoms with Crippen LogP contribution in [0, 0.1) is 24.5 Å². The molecule has 15 heteroatoms. The number of ether oxygens (including phenoxy) is 2. The van der Waals surface area contributed by atoms with Crippen LogP contribution in [0.1, 0.15) is 49.0 Å². The molecule has 7 rings (SSSR count). The van der Waals surface area contributed by atoms with E-state index in [-0.39, 0.29) is 23.2 Å². The molecule has 302 valence electrons. The lowest BCUT2D eigenvalue weighted by Crippen LogP contribution is -2.34. The summed E-state index contributed by atoms with van der Waals surface area (Å²) < 4.78 is 66.3. The second-order valence-corrected chi connectivity index (χ2v) is 17.0. The number of carbonyl (C=O) groups is 1. The molecule has 1 fully saturated rings. The third-order valence-corrected chi connectivity index (χ3v) is 11.1. The van der Waals surface area contributed by atoms with Gasteiger partial charge in [-0.2, -0.15) is 0 Å². The number of rotatable bonds is 13. The minimum atomic E-state index is -2.99. The fraction of sp³-hybridized carbons (Fsp3) is 0.302. The lowest BCUT2D eigenvalue weighted by atomic mass is 9.93. The van der Waals surface area contributed by atoms with Gasteiger partial charge in [-0.05, 0) is 106 Å². The molecule has 0 radical (unpaired) electrons. The number of amides is 1. The zero-order valence-electron chi connectivity index (χ0n) is 32.9. The van der Waals surface area contributed by atoms with Crippen molar-refractivity contribution in [2.24, 2.45) is 5.92 Å². The van der Waals surface area contributed by atoms with Gasteiger partial charge < -0.3 is 25.0 Å². The molecule has 6 aromatic rings. The van der Waals surface area contributed by atoms with Crippen LogP contribution >= 0.6 is 0 Å². The number of hydrogen-bond donors (Lipinski definition) is 2. The fourth-order valence-electron chi connectivity index (χ4n) is 7.25. The van der Waals surface area contributed by atoms with Crippen LogP contribution in [0.2, 0.25) is 0 Å². The number of carbonyl (C=O) groups excluding carboxylic acids is 1. The molecule has 0 unspecified atom stereocenters. The van der Waals surface area contributed by atoms with E-state index in [9.17, 15) is 22.0 Å². The van der Waals surface area contributed by atoms with E-state index in [1.807, 2.05) is 61.7 Å². The molecule has 0 atom stereocenters. The third kappa shape index (κ3) is 8.89. The van der Waals surface area contributed by atoms with Crippen LogP contribution in [-0.2, 0) is 9.84 Å². The highest BCUT2D eigenvalue weighted by Crippen LogP contribution is 2.38. The largest absolute Gasteiger partial charge is 0.494 e. The molecule has 2 N–H and O–H groups in total. The first kappa shape index (κ1) is 40.1. The first-order chi connectivity index (χ1) is 27.8. The standard InChI is InChI=1S/C43H45F2N7O5S/c1-26(2)57-36-13-12-29(24-30(36)42(53)50-40-31(44)9-8-10-32(40)45)39-41(52-19-7-6-11-38(52)49-39)33-14-18-46-43(47-33)48-34-23-27(3)35(25-37(34)56-4)51-20-15-28(16-21-51)17-22-58(5,54)55/h6-14,18-19,23-26,28H,15-17,20-22H2,1-5H3,(H,50,53)(H,46,47,48). The summed E-state index contributed by atoms with van der Waals surface area (Å²) in [6.07, 6.45) is 7.02. The average Bonchev–Trinajstić information content (AvgIpc) is 3.58. The van der Waals surface area contributed by atoms with E-state index in [0.717, 1.165) is 49.3 Å². The van der Waals surface area contributed by atoms with Gasteiger partial charge in [0.25, 0.3) is 5.91 Å². The highest BCUT2D eigenvalue weighted by molar-refractivity contribution is 7.90. The molecule has 0 spiro atoms. The van der Waals surface area contributed by atoms with Gasteiger partial charge in [0.05, 0.1) is 47.3 Å². The Hall–Kier alpha value is -6.09. The van der Waals surface area contributed by atoms with Crippen molar-refractivity contribution in [3.05, 3.63) is 108 Å². The molecule has 0 saturated carbocycles. The molecule has 1 aliphatic rings. The predicted molar refractivity (Wildman–Crippen MR) is 222 cm³/mol. The Morgan fingerprint density at radius 2 is 1.72 bits per heavy atom. The number of nitrogens with one attached hydrogen (secondary N) is 2. The van der Waals surface area contributed by atoms with Gasteiger partial charge in [0.2, 0.25) is 5.95 Å². The number of aryl methyl sites for hydroxylation is 1. The quantitative estimate of drug-likeness (QED) is 0.117.